The predicted molar refractivity (Wildman–Crippen MR) is 102 cm³/mol. The Balaban J connectivity index is 1.98. The number of nitrogens with zero attached hydrogens (tertiary/aromatic N) is 2. The molecule has 8 heteroatoms. The molecule has 4 nitrogen and oxygen atoms in total. The van der Waals surface area contributed by atoms with Gasteiger partial charge in [0, 0.05) is 11.3 Å². The van der Waals surface area contributed by atoms with Gasteiger partial charge in [-0.05, 0) is 29.8 Å². The fourth-order valence-corrected chi connectivity index (χ4v) is 3.31. The highest BCUT2D eigenvalue weighted by Gasteiger charge is 2.34. The summed E-state index contributed by atoms with van der Waals surface area (Å²) in [5, 5.41) is 0.0588. The van der Waals surface area contributed by atoms with Crippen molar-refractivity contribution >= 4 is 11.8 Å². The Hall–Kier alpha value is -2.74. The molecule has 0 aliphatic heterocycles. The standard InChI is InChI=1S/C20H17F3N2O2S/c1-26-16-9-8-14(10-17(16)27-2)15-11-18(20(21,22)23)25-19(24-15)28-12-13-6-4-3-5-7-13/h3-11H,12H2,1-2H3. The van der Waals surface area contributed by atoms with Gasteiger partial charge in [0.05, 0.1) is 19.9 Å². The van der Waals surface area contributed by atoms with Gasteiger partial charge < -0.3 is 9.47 Å². The lowest BCUT2D eigenvalue weighted by molar-refractivity contribution is -0.141. The Morgan fingerprint density at radius 3 is 2.25 bits per heavy atom. The molecule has 2 aromatic carbocycles. The first-order valence-corrected chi connectivity index (χ1v) is 9.24. The summed E-state index contributed by atoms with van der Waals surface area (Å²) in [6, 6.07) is 15.2. The molecule has 28 heavy (non-hydrogen) atoms. The van der Waals surface area contributed by atoms with Gasteiger partial charge >= 0.3 is 6.18 Å². The molecule has 1 heterocycles. The van der Waals surface area contributed by atoms with E-state index < -0.39 is 11.9 Å². The van der Waals surface area contributed by atoms with Crippen LogP contribution in [0.1, 0.15) is 11.3 Å². The number of benzene rings is 2. The Labute approximate surface area is 164 Å². The zero-order chi connectivity index (χ0) is 20.1. The molecule has 0 N–H and O–H groups in total. The molecular formula is C20H17F3N2O2S. The largest absolute Gasteiger partial charge is 0.493 e. The van der Waals surface area contributed by atoms with Crippen LogP contribution < -0.4 is 9.47 Å². The first-order chi connectivity index (χ1) is 13.4. The molecule has 0 spiro atoms. The molecule has 146 valence electrons. The van der Waals surface area contributed by atoms with Crippen molar-refractivity contribution in [1.29, 1.82) is 0 Å². The van der Waals surface area contributed by atoms with E-state index in [1.165, 1.54) is 14.2 Å². The highest BCUT2D eigenvalue weighted by Crippen LogP contribution is 2.35. The summed E-state index contributed by atoms with van der Waals surface area (Å²) in [5.74, 6) is 1.36. The maximum Gasteiger partial charge on any atom is 0.433 e. The van der Waals surface area contributed by atoms with Crippen LogP contribution in [-0.2, 0) is 11.9 Å². The lowest BCUT2D eigenvalue weighted by Gasteiger charge is -2.12. The average Bonchev–Trinajstić information content (AvgIpc) is 2.71. The Morgan fingerprint density at radius 2 is 1.61 bits per heavy atom. The van der Waals surface area contributed by atoms with Crippen LogP contribution in [0.15, 0.2) is 59.8 Å². The molecule has 0 atom stereocenters. The second-order valence-corrected chi connectivity index (χ2v) is 6.71. The van der Waals surface area contributed by atoms with Gasteiger partial charge in [0.2, 0.25) is 0 Å². The van der Waals surface area contributed by atoms with Crippen molar-refractivity contribution in [3.05, 3.63) is 65.9 Å². The van der Waals surface area contributed by atoms with Crippen molar-refractivity contribution in [2.75, 3.05) is 14.2 Å². The van der Waals surface area contributed by atoms with Crippen LogP contribution in [0, 0.1) is 0 Å². The number of alkyl halides is 3. The van der Waals surface area contributed by atoms with Gasteiger partial charge in [-0.2, -0.15) is 13.2 Å². The molecule has 0 amide bonds. The summed E-state index contributed by atoms with van der Waals surface area (Å²) < 4.78 is 50.5. The zero-order valence-corrected chi connectivity index (χ0v) is 16.0. The number of methoxy groups -OCH3 is 2. The van der Waals surface area contributed by atoms with Gasteiger partial charge in [-0.1, -0.05) is 42.1 Å². The highest BCUT2D eigenvalue weighted by atomic mass is 32.2. The van der Waals surface area contributed by atoms with E-state index in [1.54, 1.807) is 18.2 Å². The van der Waals surface area contributed by atoms with E-state index in [4.69, 9.17) is 9.47 Å². The second kappa shape index (κ2) is 8.52. The maximum atomic E-state index is 13.3. The summed E-state index contributed by atoms with van der Waals surface area (Å²) in [5.41, 5.74) is 0.634. The average molecular weight is 406 g/mol. The molecule has 0 aliphatic rings. The number of hydrogen-bond donors (Lipinski definition) is 0. The minimum atomic E-state index is -4.57. The molecule has 0 radical (unpaired) electrons. The molecule has 0 saturated carbocycles. The Bertz CT molecular complexity index is 950. The third kappa shape index (κ3) is 4.75. The van der Waals surface area contributed by atoms with Gasteiger partial charge in [0.15, 0.2) is 16.7 Å². The smallest absolute Gasteiger partial charge is 0.433 e. The molecule has 3 aromatic rings. The summed E-state index contributed by atoms with van der Waals surface area (Å²) in [7, 11) is 2.95. The van der Waals surface area contributed by atoms with Crippen LogP contribution in [0.25, 0.3) is 11.3 Å². The normalized spacial score (nSPS) is 11.3. The van der Waals surface area contributed by atoms with E-state index in [1.807, 2.05) is 30.3 Å². The van der Waals surface area contributed by atoms with Crippen LogP contribution in [0.2, 0.25) is 0 Å². The van der Waals surface area contributed by atoms with Crippen molar-refractivity contribution in [2.24, 2.45) is 0 Å². The van der Waals surface area contributed by atoms with Crippen LogP contribution in [0.5, 0.6) is 11.5 Å². The maximum absolute atomic E-state index is 13.3. The summed E-state index contributed by atoms with van der Waals surface area (Å²) in [6.45, 7) is 0. The molecule has 0 bridgehead atoms. The van der Waals surface area contributed by atoms with Crippen molar-refractivity contribution < 1.29 is 22.6 Å². The van der Waals surface area contributed by atoms with Crippen LogP contribution in [0.4, 0.5) is 13.2 Å². The lowest BCUT2D eigenvalue weighted by atomic mass is 10.1. The topological polar surface area (TPSA) is 44.2 Å². The van der Waals surface area contributed by atoms with Gasteiger partial charge in [-0.3, -0.25) is 0 Å². The molecule has 0 unspecified atom stereocenters. The fraction of sp³-hybridized carbons (Fsp3) is 0.200. The molecule has 0 saturated heterocycles. The Kier molecular flexibility index (Phi) is 6.08. The third-order valence-electron chi connectivity index (χ3n) is 3.89. The molecular weight excluding hydrogens is 389 g/mol. The van der Waals surface area contributed by atoms with E-state index in [0.29, 0.717) is 22.8 Å². The van der Waals surface area contributed by atoms with Crippen LogP contribution in [0.3, 0.4) is 0 Å². The summed E-state index contributed by atoms with van der Waals surface area (Å²) in [4.78, 5) is 8.01. The quantitative estimate of drug-likeness (QED) is 0.401. The summed E-state index contributed by atoms with van der Waals surface area (Å²) >= 11 is 1.15. The number of halogens is 3. The van der Waals surface area contributed by atoms with Crippen LogP contribution >= 0.6 is 11.8 Å². The van der Waals surface area contributed by atoms with E-state index in [-0.39, 0.29) is 10.9 Å². The van der Waals surface area contributed by atoms with Crippen molar-refractivity contribution in [3.8, 4) is 22.8 Å². The second-order valence-electron chi connectivity index (χ2n) is 5.76. The number of aromatic nitrogens is 2. The number of ether oxygens (including phenoxy) is 2. The molecule has 1 aromatic heterocycles. The minimum Gasteiger partial charge on any atom is -0.493 e. The van der Waals surface area contributed by atoms with Gasteiger partial charge in [-0.15, -0.1) is 0 Å². The van der Waals surface area contributed by atoms with Crippen molar-refractivity contribution in [1.82, 2.24) is 9.97 Å². The van der Waals surface area contributed by atoms with E-state index >= 15 is 0 Å². The summed E-state index contributed by atoms with van der Waals surface area (Å²) in [6.07, 6.45) is -4.57. The SMILES string of the molecule is COc1ccc(-c2cc(C(F)(F)F)nc(SCc3ccccc3)n2)cc1OC. The first-order valence-electron chi connectivity index (χ1n) is 8.26. The third-order valence-corrected chi connectivity index (χ3v) is 4.80. The number of hydrogen-bond acceptors (Lipinski definition) is 5. The molecule has 0 aliphatic carbocycles. The van der Waals surface area contributed by atoms with E-state index in [2.05, 4.69) is 9.97 Å². The lowest BCUT2D eigenvalue weighted by Crippen LogP contribution is -2.10. The fourth-order valence-electron chi connectivity index (χ4n) is 2.50. The molecule has 3 rings (SSSR count). The number of thioether (sulfide) groups is 1. The number of rotatable bonds is 6. The molecule has 0 fully saturated rings. The van der Waals surface area contributed by atoms with Crippen molar-refractivity contribution in [3.63, 3.8) is 0 Å². The van der Waals surface area contributed by atoms with Gasteiger partial charge in [0.25, 0.3) is 0 Å². The van der Waals surface area contributed by atoms with Gasteiger partial charge in [0.1, 0.15) is 5.69 Å². The predicted octanol–water partition coefficient (Wildman–Crippen LogP) is 5.47. The monoisotopic (exact) mass is 406 g/mol. The highest BCUT2D eigenvalue weighted by molar-refractivity contribution is 7.98. The minimum absolute atomic E-state index is 0.0588. The zero-order valence-electron chi connectivity index (χ0n) is 15.2. The first kappa shape index (κ1) is 20.0. The van der Waals surface area contributed by atoms with Gasteiger partial charge in [-0.25, -0.2) is 9.97 Å². The van der Waals surface area contributed by atoms with Crippen molar-refractivity contribution in [2.45, 2.75) is 17.1 Å². The van der Waals surface area contributed by atoms with Crippen LogP contribution in [-0.4, -0.2) is 24.2 Å². The van der Waals surface area contributed by atoms with E-state index in [0.717, 1.165) is 23.4 Å². The van der Waals surface area contributed by atoms with E-state index in [9.17, 15) is 13.2 Å². The Morgan fingerprint density at radius 1 is 0.893 bits per heavy atom.